The van der Waals surface area contributed by atoms with Crippen molar-refractivity contribution >= 4 is 34.2 Å². The summed E-state index contributed by atoms with van der Waals surface area (Å²) < 4.78 is 28.6. The Labute approximate surface area is 159 Å². The van der Waals surface area contributed by atoms with E-state index in [-0.39, 0.29) is 35.3 Å². The number of amidine groups is 1. The number of rotatable bonds is 1. The molecule has 3 heterocycles. The number of amides is 1. The first-order valence-corrected chi connectivity index (χ1v) is 10.2. The summed E-state index contributed by atoms with van der Waals surface area (Å²) in [5.74, 6) is 0.481. The van der Waals surface area contributed by atoms with Crippen molar-refractivity contribution in [3.05, 3.63) is 29.8 Å². The number of nitrogens with two attached hydrogens (primary N) is 1. The van der Waals surface area contributed by atoms with Gasteiger partial charge in [-0.15, -0.1) is 16.8 Å². The van der Waals surface area contributed by atoms with Gasteiger partial charge in [-0.3, -0.25) is 4.79 Å². The highest BCUT2D eigenvalue weighted by atomic mass is 35.5. The fraction of sp³-hybridized carbons (Fsp3) is 0.529. The standard InChI is InChI=1S/C17H22N4O3S.ClH/c18-12-7-10-20(11-8-12)17(22)14-5-3-9-21(14)16-13-4-1-2-6-15(13)25(23,24)19-16;/h1-2,4,6,12,14H,3,5,7-11,18H2;1H. The van der Waals surface area contributed by atoms with Crippen molar-refractivity contribution in [3.8, 4) is 0 Å². The summed E-state index contributed by atoms with van der Waals surface area (Å²) in [6, 6.07) is 6.65. The second-order valence-electron chi connectivity index (χ2n) is 6.90. The van der Waals surface area contributed by atoms with E-state index in [0.717, 1.165) is 25.7 Å². The van der Waals surface area contributed by atoms with Gasteiger partial charge in [-0.1, -0.05) is 12.1 Å². The zero-order valence-corrected chi connectivity index (χ0v) is 16.0. The fourth-order valence-electron chi connectivity index (χ4n) is 3.90. The van der Waals surface area contributed by atoms with E-state index in [0.29, 0.717) is 31.0 Å². The number of fused-ring (bicyclic) bond motifs is 1. The summed E-state index contributed by atoms with van der Waals surface area (Å²) in [5.41, 5.74) is 6.53. The zero-order chi connectivity index (χ0) is 17.6. The van der Waals surface area contributed by atoms with Gasteiger partial charge in [-0.05, 0) is 37.8 Å². The lowest BCUT2D eigenvalue weighted by molar-refractivity contribution is -0.135. The lowest BCUT2D eigenvalue weighted by Crippen LogP contribution is -2.51. The molecule has 0 saturated carbocycles. The molecule has 9 heteroatoms. The molecule has 2 saturated heterocycles. The SMILES string of the molecule is Cl.NC1CCN(C(=O)C2CCCN2C2=NS(=O)(=O)c3ccccc32)CC1. The van der Waals surface area contributed by atoms with Crippen molar-refractivity contribution in [2.75, 3.05) is 19.6 Å². The molecule has 1 aromatic rings. The monoisotopic (exact) mass is 398 g/mol. The minimum Gasteiger partial charge on any atom is -0.343 e. The van der Waals surface area contributed by atoms with E-state index >= 15 is 0 Å². The molecule has 0 aromatic heterocycles. The Bertz CT molecular complexity index is 834. The Hall–Kier alpha value is -1.64. The van der Waals surface area contributed by atoms with Gasteiger partial charge in [0.2, 0.25) is 5.91 Å². The first kappa shape index (κ1) is 19.1. The molecule has 1 unspecified atom stereocenters. The van der Waals surface area contributed by atoms with E-state index in [1.54, 1.807) is 24.3 Å². The molecule has 1 amide bonds. The van der Waals surface area contributed by atoms with E-state index < -0.39 is 10.0 Å². The normalized spacial score (nSPS) is 24.8. The first-order chi connectivity index (χ1) is 12.0. The highest BCUT2D eigenvalue weighted by Crippen LogP contribution is 2.31. The van der Waals surface area contributed by atoms with E-state index in [1.807, 2.05) is 9.80 Å². The average molecular weight is 399 g/mol. The molecule has 2 N–H and O–H groups in total. The van der Waals surface area contributed by atoms with Crippen LogP contribution in [0, 0.1) is 0 Å². The number of benzene rings is 1. The number of carbonyl (C=O) groups excluding carboxylic acids is 1. The van der Waals surface area contributed by atoms with Gasteiger partial charge in [0.1, 0.15) is 10.9 Å². The van der Waals surface area contributed by atoms with Gasteiger partial charge in [-0.2, -0.15) is 8.42 Å². The number of hydrogen-bond donors (Lipinski definition) is 1. The van der Waals surface area contributed by atoms with Crippen molar-refractivity contribution in [1.82, 2.24) is 9.80 Å². The van der Waals surface area contributed by atoms with Gasteiger partial charge >= 0.3 is 0 Å². The van der Waals surface area contributed by atoms with Crippen LogP contribution < -0.4 is 5.73 Å². The van der Waals surface area contributed by atoms with Crippen molar-refractivity contribution in [2.24, 2.45) is 10.1 Å². The van der Waals surface area contributed by atoms with Crippen molar-refractivity contribution in [2.45, 2.75) is 42.7 Å². The maximum atomic E-state index is 13.0. The Morgan fingerprint density at radius 3 is 2.54 bits per heavy atom. The van der Waals surface area contributed by atoms with Crippen LogP contribution in [0.2, 0.25) is 0 Å². The Balaban J connectivity index is 0.00000196. The molecule has 142 valence electrons. The number of likely N-dealkylation sites (tertiary alicyclic amines) is 2. The molecule has 4 rings (SSSR count). The molecule has 0 radical (unpaired) electrons. The lowest BCUT2D eigenvalue weighted by atomic mass is 10.0. The van der Waals surface area contributed by atoms with Gasteiger partial charge in [0, 0.05) is 31.2 Å². The zero-order valence-electron chi connectivity index (χ0n) is 14.4. The minimum atomic E-state index is -3.67. The summed E-state index contributed by atoms with van der Waals surface area (Å²) >= 11 is 0. The largest absolute Gasteiger partial charge is 0.343 e. The van der Waals surface area contributed by atoms with Gasteiger partial charge in [0.25, 0.3) is 10.0 Å². The van der Waals surface area contributed by atoms with Crippen LogP contribution in [0.5, 0.6) is 0 Å². The third-order valence-corrected chi connectivity index (χ3v) is 6.60. The first-order valence-electron chi connectivity index (χ1n) is 8.73. The van der Waals surface area contributed by atoms with Gasteiger partial charge < -0.3 is 15.5 Å². The number of hydrogen-bond acceptors (Lipinski definition) is 5. The van der Waals surface area contributed by atoms with E-state index in [1.165, 1.54) is 0 Å². The third-order valence-electron chi connectivity index (χ3n) is 5.27. The number of sulfonamides is 1. The molecular weight excluding hydrogens is 376 g/mol. The number of piperidine rings is 1. The van der Waals surface area contributed by atoms with Gasteiger partial charge in [-0.25, -0.2) is 0 Å². The summed E-state index contributed by atoms with van der Waals surface area (Å²) in [5, 5.41) is 0. The maximum Gasteiger partial charge on any atom is 0.285 e. The predicted molar refractivity (Wildman–Crippen MR) is 101 cm³/mol. The Kier molecular flexibility index (Phi) is 5.28. The maximum absolute atomic E-state index is 13.0. The van der Waals surface area contributed by atoms with Crippen LogP contribution in [0.25, 0.3) is 0 Å². The summed E-state index contributed by atoms with van der Waals surface area (Å²) in [6.07, 6.45) is 3.21. The molecule has 3 aliphatic heterocycles. The molecule has 7 nitrogen and oxygen atoms in total. The number of nitrogens with zero attached hydrogens (tertiary/aromatic N) is 3. The molecular formula is C17H23ClN4O3S. The molecule has 2 fully saturated rings. The lowest BCUT2D eigenvalue weighted by Gasteiger charge is -2.35. The smallest absolute Gasteiger partial charge is 0.285 e. The van der Waals surface area contributed by atoms with Gasteiger partial charge in [0.05, 0.1) is 0 Å². The van der Waals surface area contributed by atoms with Crippen LogP contribution in [-0.2, 0) is 14.8 Å². The van der Waals surface area contributed by atoms with Crippen LogP contribution in [-0.4, -0.2) is 61.7 Å². The average Bonchev–Trinajstić information content (AvgIpc) is 3.18. The summed E-state index contributed by atoms with van der Waals surface area (Å²) in [6.45, 7) is 1.99. The predicted octanol–water partition coefficient (Wildman–Crippen LogP) is 0.971. The number of carbonyl (C=O) groups is 1. The quantitative estimate of drug-likeness (QED) is 0.760. The van der Waals surface area contributed by atoms with Gasteiger partial charge in [0.15, 0.2) is 5.84 Å². The molecule has 1 aromatic carbocycles. The molecule has 1 atom stereocenters. The van der Waals surface area contributed by atoms with E-state index in [4.69, 9.17) is 5.73 Å². The van der Waals surface area contributed by atoms with E-state index in [2.05, 4.69) is 4.40 Å². The number of halogens is 1. The minimum absolute atomic E-state index is 0. The van der Waals surface area contributed by atoms with Crippen LogP contribution in [0.4, 0.5) is 0 Å². The van der Waals surface area contributed by atoms with Crippen LogP contribution in [0.3, 0.4) is 0 Å². The second-order valence-corrected chi connectivity index (χ2v) is 8.47. The van der Waals surface area contributed by atoms with Crippen molar-refractivity contribution in [1.29, 1.82) is 0 Å². The molecule has 3 aliphatic rings. The van der Waals surface area contributed by atoms with E-state index in [9.17, 15) is 13.2 Å². The summed E-state index contributed by atoms with van der Waals surface area (Å²) in [7, 11) is -3.67. The third kappa shape index (κ3) is 3.21. The van der Waals surface area contributed by atoms with Crippen molar-refractivity contribution < 1.29 is 13.2 Å². The van der Waals surface area contributed by atoms with Crippen molar-refractivity contribution in [3.63, 3.8) is 0 Å². The fourth-order valence-corrected chi connectivity index (χ4v) is 5.12. The molecule has 26 heavy (non-hydrogen) atoms. The molecule has 0 bridgehead atoms. The Morgan fingerprint density at radius 2 is 1.81 bits per heavy atom. The Morgan fingerprint density at radius 1 is 1.12 bits per heavy atom. The second kappa shape index (κ2) is 7.17. The highest BCUT2D eigenvalue weighted by Gasteiger charge is 2.40. The molecule has 0 spiro atoms. The topological polar surface area (TPSA) is 96.1 Å². The molecule has 0 aliphatic carbocycles. The highest BCUT2D eigenvalue weighted by molar-refractivity contribution is 7.90. The summed E-state index contributed by atoms with van der Waals surface area (Å²) in [4.78, 5) is 17.0. The van der Waals surface area contributed by atoms with Crippen LogP contribution >= 0.6 is 12.4 Å². The van der Waals surface area contributed by atoms with Crippen LogP contribution in [0.1, 0.15) is 31.2 Å². The van der Waals surface area contributed by atoms with Crippen LogP contribution in [0.15, 0.2) is 33.6 Å².